The Hall–Kier alpha value is -10.2. The molecule has 1 aliphatic heterocycles. The first kappa shape index (κ1) is 70.1. The lowest BCUT2D eigenvalue weighted by Gasteiger charge is -2.14. The van der Waals surface area contributed by atoms with Gasteiger partial charge in [-0.1, -0.05) is 89.8 Å². The van der Waals surface area contributed by atoms with Crippen LogP contribution in [0.4, 0.5) is 0 Å². The van der Waals surface area contributed by atoms with Gasteiger partial charge in [0.25, 0.3) is 0 Å². The second kappa shape index (κ2) is 37.8. The minimum atomic E-state index is -0.551. The summed E-state index contributed by atoms with van der Waals surface area (Å²) in [6.45, 7) is 0.822. The maximum Gasteiger partial charge on any atom is 0.232 e. The van der Waals surface area contributed by atoms with Gasteiger partial charge in [-0.25, -0.2) is 0 Å². The number of aliphatic hydroxyl groups is 1. The minimum absolute atomic E-state index is 0.0357. The van der Waals surface area contributed by atoms with E-state index in [-0.39, 0.29) is 68.4 Å². The van der Waals surface area contributed by atoms with Crippen LogP contribution >= 0.6 is 35.6 Å². The molecule has 8 aromatic rings. The normalized spacial score (nSPS) is 10.7. The number of carbonyl (C=O) groups excluding carboxylic acids is 2. The fraction of sp³-hybridized carbons (Fsp3) is 0.182. The van der Waals surface area contributed by atoms with Crippen molar-refractivity contribution < 1.29 is 71.8 Å². The second-order valence-electron chi connectivity index (χ2n) is 16.4. The van der Waals surface area contributed by atoms with Gasteiger partial charge in [-0.2, -0.15) is 0 Å². The lowest BCUT2D eigenvalue weighted by Crippen LogP contribution is -2.31. The summed E-state index contributed by atoms with van der Waals surface area (Å²) in [6.07, 6.45) is 6.40. The average molecular weight is 1250 g/mol. The Morgan fingerprint density at radius 3 is 1.33 bits per heavy atom. The van der Waals surface area contributed by atoms with E-state index in [9.17, 15) is 38.4 Å². The molecule has 0 aliphatic carbocycles. The Morgan fingerprint density at radius 2 is 0.942 bits per heavy atom. The number of nitrogens with one attached hydrogen (secondary N) is 1. The number of rotatable bonds is 12. The lowest BCUT2D eigenvalue weighted by atomic mass is 10.1. The molecule has 9 rings (SSSR count). The number of hydrogen-bond acceptors (Lipinski definition) is 26. The standard InChI is InChI=1S/C14H13NO4.C11H11NOS2.C6H5ClO3.C6H5N3O3.2C6H7NO3.C6H6O4/c16-12-7-11(19-9-13(12)17)8-15-14(18)6-10-4-2-1-3-5-10;13-10(12-6-7-15-11(12)14)8-9-4-2-1-3-5-9;7-2-4-1-5(8)6(9)3-10-4;7-9-8-2-4-1-5(10)6(11)3-12-4;3*7-2-4-1-5(8)6(9)3-10-4/h1-5,7,9,17H,6,8H2,(H,15,18);1-5H,6-8H2;1,3,9H,2H2;1,3,11H,2H2;2*1,3,9H,2,7H2;1,3,7,9H,2H2. The molecule has 0 saturated carbocycles. The molecule has 1 aliphatic rings. The lowest BCUT2D eigenvalue weighted by molar-refractivity contribution is -0.126. The van der Waals surface area contributed by atoms with E-state index in [1.807, 2.05) is 60.7 Å². The SMILES string of the molecule is NCc1cc(=O)c(O)co1.NCc1cc(=O)c(O)co1.O=C(Cc1ccccc1)N1CCSC1=S.O=C(Cc1ccccc1)NCc1cc(=O)c(O)co1.O=c1cc(CCl)occ1O.O=c1cc(CO)occ1O.[N-]=[N+]=NCc1cc(=O)c(O)co1. The molecule has 28 nitrogen and oxygen atoms in total. The van der Waals surface area contributed by atoms with E-state index in [0.29, 0.717) is 29.5 Å². The Balaban J connectivity index is 0.000000267. The van der Waals surface area contributed by atoms with E-state index in [1.165, 1.54) is 0 Å². The highest BCUT2D eigenvalue weighted by Gasteiger charge is 2.23. The summed E-state index contributed by atoms with van der Waals surface area (Å²) in [5, 5.41) is 66.8. The van der Waals surface area contributed by atoms with E-state index < -0.39 is 67.1 Å². The van der Waals surface area contributed by atoms with Gasteiger partial charge in [-0.3, -0.25) is 43.3 Å². The van der Waals surface area contributed by atoms with Gasteiger partial charge in [0.15, 0.2) is 34.5 Å². The molecule has 454 valence electrons. The molecule has 12 N–H and O–H groups in total. The van der Waals surface area contributed by atoms with Crippen molar-refractivity contribution in [2.75, 3.05) is 12.3 Å². The number of alkyl halides is 1. The van der Waals surface area contributed by atoms with Crippen molar-refractivity contribution in [3.8, 4) is 34.5 Å². The molecule has 86 heavy (non-hydrogen) atoms. The largest absolute Gasteiger partial charge is 0.502 e. The second-order valence-corrected chi connectivity index (χ2v) is 18.4. The maximum atomic E-state index is 11.9. The number of halogens is 1. The van der Waals surface area contributed by atoms with Crippen molar-refractivity contribution in [2.24, 2.45) is 16.6 Å². The van der Waals surface area contributed by atoms with Crippen molar-refractivity contribution in [3.63, 3.8) is 0 Å². The van der Waals surface area contributed by atoms with Gasteiger partial charge in [-0.05, 0) is 16.7 Å². The van der Waals surface area contributed by atoms with Crippen LogP contribution in [0.3, 0.4) is 0 Å². The van der Waals surface area contributed by atoms with E-state index in [2.05, 4.69) is 19.8 Å². The number of nitrogens with zero attached hydrogens (tertiary/aromatic N) is 4. The van der Waals surface area contributed by atoms with Crippen LogP contribution in [0.5, 0.6) is 34.5 Å². The summed E-state index contributed by atoms with van der Waals surface area (Å²) in [5.41, 5.74) is 17.2. The van der Waals surface area contributed by atoms with E-state index in [1.54, 1.807) is 16.7 Å². The summed E-state index contributed by atoms with van der Waals surface area (Å²) in [7, 11) is 0. The van der Waals surface area contributed by atoms with Crippen LogP contribution in [0.1, 0.15) is 45.7 Å². The number of carbonyl (C=O) groups is 2. The minimum Gasteiger partial charge on any atom is -0.502 e. The Kier molecular flexibility index (Phi) is 30.8. The van der Waals surface area contributed by atoms with Gasteiger partial charge in [0.05, 0.1) is 44.9 Å². The van der Waals surface area contributed by atoms with Crippen LogP contribution in [0.15, 0.2) is 195 Å². The third kappa shape index (κ3) is 25.9. The summed E-state index contributed by atoms with van der Waals surface area (Å²) in [4.78, 5) is 92.1. The van der Waals surface area contributed by atoms with Crippen molar-refractivity contribution in [2.45, 2.75) is 51.5 Å². The molecule has 31 heteroatoms. The maximum absolute atomic E-state index is 11.9. The summed E-state index contributed by atoms with van der Waals surface area (Å²) in [6, 6.07) is 25.8. The monoisotopic (exact) mass is 1250 g/mol. The molecule has 2 amide bonds. The molecule has 0 spiro atoms. The first-order chi connectivity index (χ1) is 41.1. The van der Waals surface area contributed by atoms with Crippen LogP contribution in [0, 0.1) is 0 Å². The fourth-order valence-corrected chi connectivity index (χ4v) is 7.20. The van der Waals surface area contributed by atoms with Gasteiger partial charge in [0.1, 0.15) is 83.1 Å². The summed E-state index contributed by atoms with van der Waals surface area (Å²) < 4.78 is 29.1. The van der Waals surface area contributed by atoms with Crippen molar-refractivity contribution in [1.29, 1.82) is 0 Å². The van der Waals surface area contributed by atoms with Gasteiger partial charge in [0.2, 0.25) is 44.4 Å². The quantitative estimate of drug-likeness (QED) is 0.0253. The predicted octanol–water partition coefficient (Wildman–Crippen LogP) is 4.98. The van der Waals surface area contributed by atoms with Crippen LogP contribution in [0.25, 0.3) is 10.4 Å². The predicted molar refractivity (Wildman–Crippen MR) is 313 cm³/mol. The Morgan fingerprint density at radius 1 is 0.581 bits per heavy atom. The van der Waals surface area contributed by atoms with Crippen molar-refractivity contribution >= 4 is 51.7 Å². The molecule has 0 unspecified atom stereocenters. The van der Waals surface area contributed by atoms with E-state index >= 15 is 0 Å². The van der Waals surface area contributed by atoms with Gasteiger partial charge in [-0.15, -0.1) is 11.6 Å². The number of amides is 2. The van der Waals surface area contributed by atoms with Crippen molar-refractivity contribution in [1.82, 2.24) is 10.2 Å². The molecule has 0 radical (unpaired) electrons. The van der Waals surface area contributed by atoms with Crippen LogP contribution in [0.2, 0.25) is 0 Å². The zero-order chi connectivity index (χ0) is 63.6. The third-order valence-electron chi connectivity index (χ3n) is 10.1. The van der Waals surface area contributed by atoms with Gasteiger partial charge >= 0.3 is 0 Å². The van der Waals surface area contributed by atoms with Gasteiger partial charge < -0.3 is 79.0 Å². The average Bonchev–Trinajstić information content (AvgIpc) is 4.13. The number of hydrogen-bond donors (Lipinski definition) is 10. The smallest absolute Gasteiger partial charge is 0.232 e. The molecule has 1 saturated heterocycles. The van der Waals surface area contributed by atoms with E-state index in [0.717, 1.165) is 102 Å². The Labute approximate surface area is 498 Å². The van der Waals surface area contributed by atoms with Crippen LogP contribution in [-0.4, -0.2) is 69.1 Å². The molecule has 1 fully saturated rings. The third-order valence-corrected chi connectivity index (χ3v) is 11.8. The fourth-order valence-electron chi connectivity index (χ4n) is 5.82. The number of nitrogens with two attached hydrogens (primary N) is 2. The first-order valence-corrected chi connectivity index (χ1v) is 26.3. The highest BCUT2D eigenvalue weighted by Crippen LogP contribution is 2.19. The number of thioether (sulfide) groups is 1. The number of azide groups is 1. The highest BCUT2D eigenvalue weighted by atomic mass is 35.5. The number of thiocarbonyl (C=S) groups is 1. The van der Waals surface area contributed by atoms with E-state index in [4.69, 9.17) is 98.6 Å². The molecular formula is C55H54ClN7O21S2. The number of aliphatic hydroxyl groups excluding tert-OH is 1. The zero-order valence-electron chi connectivity index (χ0n) is 44.8. The number of benzene rings is 2. The molecule has 6 aromatic heterocycles. The van der Waals surface area contributed by atoms with Crippen molar-refractivity contribution in [3.05, 3.63) is 252 Å². The molecule has 7 heterocycles. The van der Waals surface area contributed by atoms with Gasteiger partial charge in [0, 0.05) is 53.6 Å². The summed E-state index contributed by atoms with van der Waals surface area (Å²) >= 11 is 12.0. The van der Waals surface area contributed by atoms with Crippen LogP contribution in [-0.2, 0) is 61.1 Å². The molecule has 0 atom stereocenters. The highest BCUT2D eigenvalue weighted by molar-refractivity contribution is 8.23. The molecular weight excluding hydrogens is 1190 g/mol. The molecule has 0 bridgehead atoms. The zero-order valence-corrected chi connectivity index (χ0v) is 47.1. The summed E-state index contributed by atoms with van der Waals surface area (Å²) in [5.74, 6) is 0.213. The first-order valence-electron chi connectivity index (χ1n) is 24.3. The Bertz CT molecular complexity index is 3650. The molecule has 2 aromatic carbocycles. The van der Waals surface area contributed by atoms with Crippen LogP contribution < -0.4 is 49.4 Å². The topological polar surface area (TPSA) is 473 Å². The number of aromatic hydroxyl groups is 6.